The van der Waals surface area contributed by atoms with E-state index < -0.39 is 6.17 Å². The molecule has 2 N–H and O–H groups in total. The van der Waals surface area contributed by atoms with Gasteiger partial charge in [0, 0.05) is 35.9 Å². The van der Waals surface area contributed by atoms with Gasteiger partial charge in [-0.1, -0.05) is 6.07 Å². The topological polar surface area (TPSA) is 84.2 Å². The van der Waals surface area contributed by atoms with Gasteiger partial charge in [-0.15, -0.1) is 0 Å². The van der Waals surface area contributed by atoms with E-state index in [-0.39, 0.29) is 11.9 Å². The Labute approximate surface area is 160 Å². The Kier molecular flexibility index (Phi) is 3.85. The van der Waals surface area contributed by atoms with Crippen LogP contribution in [0, 0.1) is 0 Å². The number of amides is 1. The lowest BCUT2D eigenvalue weighted by Crippen LogP contribution is -2.45. The van der Waals surface area contributed by atoms with Crippen molar-refractivity contribution in [2.75, 3.05) is 5.32 Å². The molecule has 0 atom stereocenters. The van der Waals surface area contributed by atoms with Gasteiger partial charge in [-0.3, -0.25) is 19.5 Å². The number of aromatic nitrogens is 3. The summed E-state index contributed by atoms with van der Waals surface area (Å²) in [5.41, 5.74) is 3.99. The first-order chi connectivity index (χ1) is 13.6. The monoisotopic (exact) mass is 378 g/mol. The van der Waals surface area contributed by atoms with E-state index >= 15 is 0 Å². The predicted molar refractivity (Wildman–Crippen MR) is 104 cm³/mol. The molecule has 0 unspecified atom stereocenters. The van der Waals surface area contributed by atoms with E-state index in [0.717, 1.165) is 33.7 Å². The highest BCUT2D eigenvalue weighted by molar-refractivity contribution is 6.11. The van der Waals surface area contributed by atoms with Crippen molar-refractivity contribution >= 4 is 28.3 Å². The van der Waals surface area contributed by atoms with Crippen LogP contribution >= 0.6 is 0 Å². The first kappa shape index (κ1) is 16.9. The number of halogens is 1. The Hall–Kier alpha value is -3.29. The van der Waals surface area contributed by atoms with Gasteiger partial charge in [0.25, 0.3) is 5.91 Å². The van der Waals surface area contributed by atoms with Gasteiger partial charge in [0.1, 0.15) is 11.9 Å². The van der Waals surface area contributed by atoms with Crippen LogP contribution < -0.4 is 10.6 Å². The largest absolute Gasteiger partial charge is 0.348 e. The maximum absolute atomic E-state index is 13.0. The van der Waals surface area contributed by atoms with Crippen molar-refractivity contribution in [3.63, 3.8) is 0 Å². The predicted octanol–water partition coefficient (Wildman–Crippen LogP) is 2.57. The van der Waals surface area contributed by atoms with Crippen molar-refractivity contribution < 1.29 is 9.18 Å². The number of hydrogen-bond donors (Lipinski definition) is 2. The number of nitrogens with zero attached hydrogens (tertiary/aromatic N) is 4. The van der Waals surface area contributed by atoms with Crippen molar-refractivity contribution in [3.05, 3.63) is 53.5 Å². The van der Waals surface area contributed by atoms with E-state index in [1.54, 1.807) is 17.9 Å². The van der Waals surface area contributed by atoms with Gasteiger partial charge in [0.2, 0.25) is 0 Å². The number of rotatable bonds is 3. The van der Waals surface area contributed by atoms with E-state index in [2.05, 4.69) is 25.7 Å². The molecule has 2 aromatic heterocycles. The second kappa shape index (κ2) is 6.40. The van der Waals surface area contributed by atoms with Gasteiger partial charge >= 0.3 is 0 Å². The average Bonchev–Trinajstić information content (AvgIpc) is 3.22. The molecule has 1 amide bonds. The number of carbonyl (C=O) groups excluding carboxylic acids is 1. The highest BCUT2D eigenvalue weighted by Gasteiger charge is 2.31. The molecule has 3 heterocycles. The van der Waals surface area contributed by atoms with Gasteiger partial charge in [0.15, 0.2) is 11.5 Å². The minimum atomic E-state index is -0.808. The third-order valence-electron chi connectivity index (χ3n) is 5.27. The van der Waals surface area contributed by atoms with E-state index in [1.807, 2.05) is 30.3 Å². The molecule has 0 radical (unpaired) electrons. The van der Waals surface area contributed by atoms with Crippen LogP contribution in [0.5, 0.6) is 0 Å². The Bertz CT molecular complexity index is 1120. The molecule has 0 bridgehead atoms. The van der Waals surface area contributed by atoms with E-state index in [4.69, 9.17) is 0 Å². The van der Waals surface area contributed by atoms with Crippen LogP contribution in [-0.2, 0) is 13.6 Å². The Morgan fingerprint density at radius 1 is 1.29 bits per heavy atom. The zero-order chi connectivity index (χ0) is 19.3. The molecule has 1 saturated carbocycles. The van der Waals surface area contributed by atoms with Crippen molar-refractivity contribution in [1.29, 1.82) is 0 Å². The molecule has 7 nitrogen and oxygen atoms in total. The number of benzene rings is 1. The highest BCUT2D eigenvalue weighted by atomic mass is 19.1. The van der Waals surface area contributed by atoms with Gasteiger partial charge < -0.3 is 10.6 Å². The van der Waals surface area contributed by atoms with Crippen molar-refractivity contribution in [2.45, 2.75) is 31.6 Å². The number of nitrogens with one attached hydrogen (secondary N) is 2. The van der Waals surface area contributed by atoms with Crippen LogP contribution in [0.15, 0.2) is 41.5 Å². The third kappa shape index (κ3) is 2.81. The Balaban J connectivity index is 1.40. The summed E-state index contributed by atoms with van der Waals surface area (Å²) in [5, 5.41) is 11.3. The second-order valence-electron chi connectivity index (χ2n) is 7.24. The van der Waals surface area contributed by atoms with Crippen molar-refractivity contribution in [2.24, 2.45) is 12.0 Å². The first-order valence-corrected chi connectivity index (χ1v) is 9.26. The van der Waals surface area contributed by atoms with Crippen LogP contribution in [0.25, 0.3) is 10.9 Å². The van der Waals surface area contributed by atoms with E-state index in [1.165, 1.54) is 0 Å². The van der Waals surface area contributed by atoms with Gasteiger partial charge in [-0.2, -0.15) is 5.10 Å². The quantitative estimate of drug-likeness (QED) is 0.734. The third-order valence-corrected chi connectivity index (χ3v) is 5.27. The number of hydrogen-bond acceptors (Lipinski definition) is 5. The number of aliphatic imine (C=N–C) groups is 1. The lowest BCUT2D eigenvalue weighted by Gasteiger charge is -2.29. The van der Waals surface area contributed by atoms with Crippen LogP contribution in [0.2, 0.25) is 0 Å². The normalized spacial score (nSPS) is 20.4. The lowest BCUT2D eigenvalue weighted by atomic mass is 9.90. The zero-order valence-electron chi connectivity index (χ0n) is 15.3. The standard InChI is InChI=1S/C20H19FN6O/c1-27-16-9-13(24-19-17-11(10-23-19)3-2-6-22-17)4-5-15(16)18(26-27)20(28)25-14-7-12(21)8-14/h2-6,9,12,14H,7-8,10H2,1H3,(H,23,24)(H,25,28). The molecule has 28 heavy (non-hydrogen) atoms. The fourth-order valence-electron chi connectivity index (χ4n) is 3.68. The maximum Gasteiger partial charge on any atom is 0.272 e. The summed E-state index contributed by atoms with van der Waals surface area (Å²) >= 11 is 0. The SMILES string of the molecule is Cn1nc(C(=O)NC2CC(F)C2)c2ccc(NC3=NCc4cccnc43)cc21. The zero-order valence-corrected chi connectivity index (χ0v) is 15.3. The summed E-state index contributed by atoms with van der Waals surface area (Å²) in [4.78, 5) is 21.4. The molecule has 1 aliphatic heterocycles. The summed E-state index contributed by atoms with van der Waals surface area (Å²) < 4.78 is 14.7. The number of aryl methyl sites for hydroxylation is 1. The molecular formula is C20H19FN6O. The number of pyridine rings is 1. The van der Waals surface area contributed by atoms with Crippen LogP contribution in [-0.4, -0.2) is 38.7 Å². The van der Waals surface area contributed by atoms with Crippen molar-refractivity contribution in [1.82, 2.24) is 20.1 Å². The maximum atomic E-state index is 13.0. The molecule has 1 aliphatic carbocycles. The van der Waals surface area contributed by atoms with Crippen LogP contribution in [0.1, 0.15) is 34.6 Å². The minimum absolute atomic E-state index is 0.103. The average molecular weight is 378 g/mol. The number of anilines is 1. The number of alkyl halides is 1. The summed E-state index contributed by atoms with van der Waals surface area (Å²) in [6, 6.07) is 9.52. The van der Waals surface area contributed by atoms with Crippen LogP contribution in [0.4, 0.5) is 10.1 Å². The molecule has 1 fully saturated rings. The second-order valence-corrected chi connectivity index (χ2v) is 7.24. The molecule has 3 aromatic rings. The smallest absolute Gasteiger partial charge is 0.272 e. The Morgan fingerprint density at radius 3 is 2.96 bits per heavy atom. The first-order valence-electron chi connectivity index (χ1n) is 9.26. The summed E-state index contributed by atoms with van der Waals surface area (Å²) in [6.45, 7) is 0.616. The fraction of sp³-hybridized carbons (Fsp3) is 0.300. The molecule has 1 aromatic carbocycles. The lowest BCUT2D eigenvalue weighted by molar-refractivity contribution is 0.0856. The van der Waals surface area contributed by atoms with Gasteiger partial charge in [-0.05, 0) is 37.1 Å². The van der Waals surface area contributed by atoms with Gasteiger partial charge in [0.05, 0.1) is 12.1 Å². The highest BCUT2D eigenvalue weighted by Crippen LogP contribution is 2.26. The fourth-order valence-corrected chi connectivity index (χ4v) is 3.68. The van der Waals surface area contributed by atoms with E-state index in [0.29, 0.717) is 25.1 Å². The van der Waals surface area contributed by atoms with Crippen molar-refractivity contribution in [3.8, 4) is 0 Å². The van der Waals surface area contributed by atoms with Gasteiger partial charge in [-0.25, -0.2) is 4.39 Å². The summed E-state index contributed by atoms with van der Waals surface area (Å²) in [5.74, 6) is 0.474. The molecule has 5 rings (SSSR count). The molecule has 0 saturated heterocycles. The molecule has 2 aliphatic rings. The summed E-state index contributed by atoms with van der Waals surface area (Å²) in [7, 11) is 1.80. The number of amidine groups is 1. The molecule has 142 valence electrons. The Morgan fingerprint density at radius 2 is 2.14 bits per heavy atom. The molecule has 0 spiro atoms. The number of carbonyl (C=O) groups is 1. The van der Waals surface area contributed by atoms with Crippen LogP contribution in [0.3, 0.4) is 0 Å². The number of fused-ring (bicyclic) bond motifs is 2. The molecule has 8 heteroatoms. The molecular weight excluding hydrogens is 359 g/mol. The van der Waals surface area contributed by atoms with E-state index in [9.17, 15) is 9.18 Å². The summed E-state index contributed by atoms with van der Waals surface area (Å²) in [6.07, 6.45) is 1.70. The minimum Gasteiger partial charge on any atom is -0.348 e.